The smallest absolute Gasteiger partial charge is 0.303 e. The molecule has 1 unspecified atom stereocenters. The van der Waals surface area contributed by atoms with E-state index in [1.54, 1.807) is 0 Å². The molecular weight excluding hydrogens is 344 g/mol. The van der Waals surface area contributed by atoms with Crippen molar-refractivity contribution in [1.82, 2.24) is 0 Å². The maximum Gasteiger partial charge on any atom is 0.303 e. The van der Waals surface area contributed by atoms with Crippen LogP contribution < -0.4 is 0 Å². The molecule has 0 heterocycles. The molecular formula is C22H38O5. The van der Waals surface area contributed by atoms with Crippen LogP contribution in [0.15, 0.2) is 12.2 Å². The minimum absolute atomic E-state index is 0.128. The number of carboxylic acids is 1. The molecule has 27 heavy (non-hydrogen) atoms. The summed E-state index contributed by atoms with van der Waals surface area (Å²) in [6.45, 7) is 2.17. The van der Waals surface area contributed by atoms with E-state index in [9.17, 15) is 19.8 Å². The lowest BCUT2D eigenvalue weighted by Crippen LogP contribution is -2.18. The van der Waals surface area contributed by atoms with Gasteiger partial charge in [-0.15, -0.1) is 0 Å². The molecule has 1 aliphatic carbocycles. The highest BCUT2D eigenvalue weighted by molar-refractivity contribution is 5.84. The lowest BCUT2D eigenvalue weighted by molar-refractivity contribution is -0.137. The zero-order valence-electron chi connectivity index (χ0n) is 16.8. The average Bonchev–Trinajstić information content (AvgIpc) is 2.88. The molecule has 1 aliphatic rings. The number of aliphatic hydroxyl groups is 2. The van der Waals surface area contributed by atoms with Gasteiger partial charge in [0, 0.05) is 24.7 Å². The number of Topliss-reactive ketones (excluding diaryl/α,β-unsaturated/α-hetero) is 1. The Hall–Kier alpha value is -1.20. The normalized spacial score (nSPS) is 24.0. The van der Waals surface area contributed by atoms with Crippen LogP contribution >= 0.6 is 0 Å². The van der Waals surface area contributed by atoms with Crippen molar-refractivity contribution in [2.24, 2.45) is 11.8 Å². The molecule has 5 heteroatoms. The number of ketones is 1. The van der Waals surface area contributed by atoms with Crippen molar-refractivity contribution in [2.45, 2.75) is 103 Å². The standard InChI is InChI=1S/C22H38O5/c1-2-3-4-7-11-17(23)12-10-14-19-18(20(24)16-21(19)25)13-8-5-6-9-15-22(26)27/h10,14,17-19,21,23,25H,2-9,11-13,15-16H2,1H3,(H,26,27)/t17?,18-,19-,21-/m1/s1. The van der Waals surface area contributed by atoms with E-state index in [1.807, 2.05) is 12.2 Å². The fourth-order valence-electron chi connectivity index (χ4n) is 3.90. The molecule has 0 aromatic rings. The molecule has 1 saturated carbocycles. The maximum absolute atomic E-state index is 12.2. The van der Waals surface area contributed by atoms with Crippen LogP contribution in [0.4, 0.5) is 0 Å². The van der Waals surface area contributed by atoms with Crippen LogP contribution in [0, 0.1) is 11.8 Å². The van der Waals surface area contributed by atoms with Crippen molar-refractivity contribution in [1.29, 1.82) is 0 Å². The fraction of sp³-hybridized carbons (Fsp3) is 0.818. The van der Waals surface area contributed by atoms with E-state index in [4.69, 9.17) is 5.11 Å². The van der Waals surface area contributed by atoms with Gasteiger partial charge >= 0.3 is 5.97 Å². The predicted octanol–water partition coefficient (Wildman–Crippen LogP) is 4.26. The molecule has 0 spiro atoms. The van der Waals surface area contributed by atoms with E-state index in [-0.39, 0.29) is 36.6 Å². The number of carbonyl (C=O) groups excluding carboxylic acids is 1. The van der Waals surface area contributed by atoms with E-state index in [0.29, 0.717) is 12.8 Å². The van der Waals surface area contributed by atoms with Crippen LogP contribution in [-0.4, -0.2) is 39.3 Å². The predicted molar refractivity (Wildman–Crippen MR) is 106 cm³/mol. The summed E-state index contributed by atoms with van der Waals surface area (Å²) in [5.41, 5.74) is 0. The number of hydrogen-bond donors (Lipinski definition) is 3. The highest BCUT2D eigenvalue weighted by atomic mass is 16.4. The first kappa shape index (κ1) is 23.8. The highest BCUT2D eigenvalue weighted by Gasteiger charge is 2.39. The van der Waals surface area contributed by atoms with Gasteiger partial charge in [-0.25, -0.2) is 0 Å². The summed E-state index contributed by atoms with van der Waals surface area (Å²) in [7, 11) is 0. The van der Waals surface area contributed by atoms with Gasteiger partial charge < -0.3 is 15.3 Å². The molecule has 0 aliphatic heterocycles. The fourth-order valence-corrected chi connectivity index (χ4v) is 3.90. The topological polar surface area (TPSA) is 94.8 Å². The van der Waals surface area contributed by atoms with Gasteiger partial charge in [0.15, 0.2) is 0 Å². The third-order valence-electron chi connectivity index (χ3n) is 5.55. The number of carboxylic acid groups (broad SMARTS) is 1. The lowest BCUT2D eigenvalue weighted by Gasteiger charge is -2.17. The molecule has 0 amide bonds. The van der Waals surface area contributed by atoms with Crippen LogP contribution in [0.5, 0.6) is 0 Å². The van der Waals surface area contributed by atoms with Gasteiger partial charge in [-0.05, 0) is 25.7 Å². The van der Waals surface area contributed by atoms with Crippen LogP contribution in [0.3, 0.4) is 0 Å². The molecule has 0 aromatic carbocycles. The number of hydrogen-bond acceptors (Lipinski definition) is 4. The molecule has 0 bridgehead atoms. The van der Waals surface area contributed by atoms with Crippen molar-refractivity contribution >= 4 is 11.8 Å². The van der Waals surface area contributed by atoms with E-state index in [2.05, 4.69) is 6.92 Å². The Morgan fingerprint density at radius 2 is 1.85 bits per heavy atom. The Bertz CT molecular complexity index is 460. The Labute approximate surface area is 163 Å². The summed E-state index contributed by atoms with van der Waals surface area (Å²) in [4.78, 5) is 22.7. The lowest BCUT2D eigenvalue weighted by atomic mass is 9.88. The Morgan fingerprint density at radius 1 is 1.15 bits per heavy atom. The summed E-state index contributed by atoms with van der Waals surface area (Å²) < 4.78 is 0. The van der Waals surface area contributed by atoms with Crippen LogP contribution in [0.2, 0.25) is 0 Å². The summed E-state index contributed by atoms with van der Waals surface area (Å²) in [6, 6.07) is 0. The van der Waals surface area contributed by atoms with Crippen molar-refractivity contribution in [3.63, 3.8) is 0 Å². The van der Waals surface area contributed by atoms with Crippen molar-refractivity contribution in [3.05, 3.63) is 12.2 Å². The molecule has 5 nitrogen and oxygen atoms in total. The number of aliphatic hydroxyl groups excluding tert-OH is 2. The summed E-state index contributed by atoms with van der Waals surface area (Å²) >= 11 is 0. The molecule has 1 rings (SSSR count). The van der Waals surface area contributed by atoms with Crippen LogP contribution in [0.1, 0.15) is 90.4 Å². The van der Waals surface area contributed by atoms with Crippen molar-refractivity contribution in [3.8, 4) is 0 Å². The minimum Gasteiger partial charge on any atom is -0.481 e. The van der Waals surface area contributed by atoms with Gasteiger partial charge in [0.1, 0.15) is 5.78 Å². The molecule has 4 atom stereocenters. The SMILES string of the molecule is CCCCCCC(O)CC=C[C@H]1[C@H](O)CC(=O)[C@@H]1CCCCCCC(=O)O. The second-order valence-corrected chi connectivity index (χ2v) is 7.94. The maximum atomic E-state index is 12.2. The Morgan fingerprint density at radius 3 is 2.56 bits per heavy atom. The number of carbonyl (C=O) groups is 2. The molecule has 0 radical (unpaired) electrons. The first-order valence-corrected chi connectivity index (χ1v) is 10.7. The quantitative estimate of drug-likeness (QED) is 0.291. The van der Waals surface area contributed by atoms with E-state index in [1.165, 1.54) is 12.8 Å². The van der Waals surface area contributed by atoms with E-state index in [0.717, 1.165) is 44.9 Å². The zero-order valence-corrected chi connectivity index (χ0v) is 16.8. The monoisotopic (exact) mass is 382 g/mol. The van der Waals surface area contributed by atoms with Gasteiger partial charge in [-0.3, -0.25) is 9.59 Å². The van der Waals surface area contributed by atoms with E-state index < -0.39 is 12.1 Å². The van der Waals surface area contributed by atoms with Gasteiger partial charge in [0.2, 0.25) is 0 Å². The highest BCUT2D eigenvalue weighted by Crippen LogP contribution is 2.34. The summed E-state index contributed by atoms with van der Waals surface area (Å²) in [6.07, 6.45) is 13.4. The molecule has 156 valence electrons. The van der Waals surface area contributed by atoms with E-state index >= 15 is 0 Å². The van der Waals surface area contributed by atoms with Crippen LogP contribution in [-0.2, 0) is 9.59 Å². The van der Waals surface area contributed by atoms with Gasteiger partial charge in [-0.2, -0.15) is 0 Å². The second kappa shape index (κ2) is 13.9. The Kier molecular flexibility index (Phi) is 12.3. The number of rotatable bonds is 15. The molecule has 0 aromatic heterocycles. The van der Waals surface area contributed by atoms with Gasteiger partial charge in [0.25, 0.3) is 0 Å². The van der Waals surface area contributed by atoms with Gasteiger partial charge in [-0.1, -0.05) is 64.0 Å². The molecule has 3 N–H and O–H groups in total. The van der Waals surface area contributed by atoms with Crippen molar-refractivity contribution in [2.75, 3.05) is 0 Å². The second-order valence-electron chi connectivity index (χ2n) is 7.94. The van der Waals surface area contributed by atoms with Crippen molar-refractivity contribution < 1.29 is 24.9 Å². The summed E-state index contributed by atoms with van der Waals surface area (Å²) in [5.74, 6) is -0.925. The van der Waals surface area contributed by atoms with Gasteiger partial charge in [0.05, 0.1) is 12.2 Å². The first-order valence-electron chi connectivity index (χ1n) is 10.7. The number of unbranched alkanes of at least 4 members (excludes halogenated alkanes) is 6. The third-order valence-corrected chi connectivity index (χ3v) is 5.55. The summed E-state index contributed by atoms with van der Waals surface area (Å²) in [5, 5.41) is 28.9. The average molecular weight is 383 g/mol. The zero-order chi connectivity index (χ0) is 20.1. The Balaban J connectivity index is 2.33. The minimum atomic E-state index is -0.762. The largest absolute Gasteiger partial charge is 0.481 e. The molecule has 1 fully saturated rings. The third kappa shape index (κ3) is 10.1. The first-order chi connectivity index (χ1) is 13.0. The number of aliphatic carboxylic acids is 1. The molecule has 0 saturated heterocycles. The van der Waals surface area contributed by atoms with Crippen LogP contribution in [0.25, 0.3) is 0 Å².